The first-order valence-electron chi connectivity index (χ1n) is 14.8. The molecule has 47 heavy (non-hydrogen) atoms. The van der Waals surface area contributed by atoms with Crippen LogP contribution in [0.2, 0.25) is 0 Å². The number of fused-ring (bicyclic) bond motifs is 1. The lowest BCUT2D eigenvalue weighted by Gasteiger charge is -2.25. The molecule has 12 heteroatoms. The Bertz CT molecular complexity index is 2020. The zero-order valence-electron chi connectivity index (χ0n) is 26.8. The molecule has 9 nitrogen and oxygen atoms in total. The fourth-order valence-electron chi connectivity index (χ4n) is 5.16. The molecule has 246 valence electrons. The molecule has 1 aliphatic rings. The number of halogens is 2. The summed E-state index contributed by atoms with van der Waals surface area (Å²) in [7, 11) is 3.06. The maximum atomic E-state index is 14.1. The van der Waals surface area contributed by atoms with Gasteiger partial charge in [-0.25, -0.2) is 14.2 Å². The van der Waals surface area contributed by atoms with Crippen molar-refractivity contribution in [3.05, 3.63) is 113 Å². The van der Waals surface area contributed by atoms with Crippen LogP contribution in [0.3, 0.4) is 0 Å². The van der Waals surface area contributed by atoms with Crippen molar-refractivity contribution in [1.29, 1.82) is 0 Å². The van der Waals surface area contributed by atoms with Crippen molar-refractivity contribution >= 4 is 39.3 Å². The van der Waals surface area contributed by atoms with Gasteiger partial charge in [0, 0.05) is 0 Å². The largest absolute Gasteiger partial charge is 0.493 e. The third kappa shape index (κ3) is 7.28. The Kier molecular flexibility index (Phi) is 10.5. The summed E-state index contributed by atoms with van der Waals surface area (Å²) in [4.78, 5) is 32.6. The first kappa shape index (κ1) is 33.9. The number of hydrogen-bond acceptors (Lipinski definition) is 9. The molecule has 0 unspecified atom stereocenters. The number of allylic oxidation sites excluding steroid dienone is 1. The number of thiazole rings is 1. The topological polar surface area (TPSA) is 97.6 Å². The van der Waals surface area contributed by atoms with E-state index in [9.17, 15) is 14.0 Å². The van der Waals surface area contributed by atoms with Gasteiger partial charge in [-0.05, 0) is 103 Å². The third-order valence-electron chi connectivity index (χ3n) is 7.23. The molecule has 2 heterocycles. The van der Waals surface area contributed by atoms with E-state index in [-0.39, 0.29) is 36.3 Å². The van der Waals surface area contributed by atoms with Crippen LogP contribution in [0.4, 0.5) is 4.39 Å². The molecule has 1 aromatic heterocycles. The van der Waals surface area contributed by atoms with Crippen molar-refractivity contribution in [2.24, 2.45) is 4.99 Å². The van der Waals surface area contributed by atoms with E-state index < -0.39 is 12.0 Å². The normalized spacial score (nSPS) is 14.5. The third-order valence-corrected chi connectivity index (χ3v) is 8.80. The summed E-state index contributed by atoms with van der Waals surface area (Å²) in [5, 5.41) is 0. The molecule has 0 aliphatic carbocycles. The number of benzene rings is 3. The second-order valence-electron chi connectivity index (χ2n) is 10.8. The SMILES string of the molecule is CCOC(=O)C1=C(C)N=c2s/c(=C\c3cc(Br)c(OCc4ccc(F)cc4)c(OC)c3)c(=O)n2[C@@H]1c1ccc(OC(C)C)c(OC)c1. The van der Waals surface area contributed by atoms with Gasteiger partial charge in [-0.1, -0.05) is 29.5 Å². The molecule has 0 amide bonds. The van der Waals surface area contributed by atoms with E-state index in [4.69, 9.17) is 23.7 Å². The van der Waals surface area contributed by atoms with Gasteiger partial charge in [0.25, 0.3) is 5.56 Å². The minimum absolute atomic E-state index is 0.0845. The van der Waals surface area contributed by atoms with Gasteiger partial charge in [0.2, 0.25) is 0 Å². The molecule has 1 atom stereocenters. The van der Waals surface area contributed by atoms with Gasteiger partial charge in [-0.2, -0.15) is 0 Å². The zero-order chi connectivity index (χ0) is 33.8. The van der Waals surface area contributed by atoms with Crippen LogP contribution in [-0.2, 0) is 16.1 Å². The molecular formula is C35H34BrFN2O7S. The summed E-state index contributed by atoms with van der Waals surface area (Å²) in [6.07, 6.45) is 1.65. The quantitative estimate of drug-likeness (QED) is 0.173. The predicted octanol–water partition coefficient (Wildman–Crippen LogP) is 6.08. The van der Waals surface area contributed by atoms with Gasteiger partial charge in [0.1, 0.15) is 12.4 Å². The van der Waals surface area contributed by atoms with Gasteiger partial charge < -0.3 is 23.7 Å². The molecule has 0 saturated heterocycles. The average Bonchev–Trinajstić information content (AvgIpc) is 3.34. The molecule has 5 rings (SSSR count). The maximum Gasteiger partial charge on any atom is 0.338 e. The van der Waals surface area contributed by atoms with Gasteiger partial charge in [0.05, 0.1) is 53.2 Å². The van der Waals surface area contributed by atoms with Crippen molar-refractivity contribution in [3.63, 3.8) is 0 Å². The van der Waals surface area contributed by atoms with Crippen LogP contribution in [0.25, 0.3) is 6.08 Å². The number of aromatic nitrogens is 1. The van der Waals surface area contributed by atoms with E-state index in [1.807, 2.05) is 26.0 Å². The molecule has 0 radical (unpaired) electrons. The van der Waals surface area contributed by atoms with E-state index in [1.165, 1.54) is 42.3 Å². The van der Waals surface area contributed by atoms with Crippen molar-refractivity contribution in [2.45, 2.75) is 46.4 Å². The molecule has 4 aromatic rings. The van der Waals surface area contributed by atoms with Crippen LogP contribution >= 0.6 is 27.3 Å². The molecule has 3 aromatic carbocycles. The number of carbonyl (C=O) groups excluding carboxylic acids is 1. The van der Waals surface area contributed by atoms with Gasteiger partial charge in [-0.3, -0.25) is 9.36 Å². The Morgan fingerprint density at radius 2 is 1.79 bits per heavy atom. The number of rotatable bonds is 11. The van der Waals surface area contributed by atoms with Gasteiger partial charge >= 0.3 is 5.97 Å². The number of hydrogen-bond donors (Lipinski definition) is 0. The number of carbonyl (C=O) groups is 1. The molecule has 0 bridgehead atoms. The molecule has 0 spiro atoms. The number of ether oxygens (including phenoxy) is 5. The van der Waals surface area contributed by atoms with Crippen molar-refractivity contribution in [2.75, 3.05) is 20.8 Å². The number of nitrogens with zero attached hydrogens (tertiary/aromatic N) is 2. The van der Waals surface area contributed by atoms with Crippen molar-refractivity contribution in [1.82, 2.24) is 4.57 Å². The van der Waals surface area contributed by atoms with E-state index in [2.05, 4.69) is 20.9 Å². The predicted molar refractivity (Wildman–Crippen MR) is 181 cm³/mol. The Labute approximate surface area is 283 Å². The average molecular weight is 726 g/mol. The fourth-order valence-corrected chi connectivity index (χ4v) is 6.78. The summed E-state index contributed by atoms with van der Waals surface area (Å²) < 4.78 is 44.4. The van der Waals surface area contributed by atoms with Crippen LogP contribution in [0.1, 0.15) is 50.4 Å². The first-order valence-corrected chi connectivity index (χ1v) is 16.4. The monoisotopic (exact) mass is 724 g/mol. The Morgan fingerprint density at radius 3 is 2.45 bits per heavy atom. The Morgan fingerprint density at radius 1 is 1.06 bits per heavy atom. The van der Waals surface area contributed by atoms with Crippen LogP contribution in [0, 0.1) is 5.82 Å². The van der Waals surface area contributed by atoms with E-state index in [0.717, 1.165) is 5.56 Å². The second-order valence-corrected chi connectivity index (χ2v) is 12.7. The lowest BCUT2D eigenvalue weighted by Crippen LogP contribution is -2.40. The highest BCUT2D eigenvalue weighted by Gasteiger charge is 2.34. The van der Waals surface area contributed by atoms with E-state index in [1.54, 1.807) is 50.3 Å². The summed E-state index contributed by atoms with van der Waals surface area (Å²) >= 11 is 4.78. The Hall–Kier alpha value is -4.42. The molecule has 0 fully saturated rings. The lowest BCUT2D eigenvalue weighted by molar-refractivity contribution is -0.139. The Balaban J connectivity index is 1.59. The summed E-state index contributed by atoms with van der Waals surface area (Å²) in [6.45, 7) is 7.65. The minimum Gasteiger partial charge on any atom is -0.493 e. The van der Waals surface area contributed by atoms with Gasteiger partial charge in [0.15, 0.2) is 27.8 Å². The van der Waals surface area contributed by atoms with Crippen LogP contribution in [0.5, 0.6) is 23.0 Å². The molecule has 0 saturated carbocycles. The molecule has 1 aliphatic heterocycles. The standard InChI is InChI=1S/C35H34BrFN2O7S/c1-7-44-34(41)30-20(4)38-35-39(31(30)23-10-13-26(46-19(2)3)27(17-23)42-5)33(40)29(47-35)16-22-14-25(36)32(28(15-22)43-6)45-18-21-8-11-24(37)12-9-21/h8-17,19,31H,7,18H2,1-6H3/b29-16-/t31-/m1/s1. The van der Waals surface area contributed by atoms with Gasteiger partial charge in [-0.15, -0.1) is 0 Å². The van der Waals surface area contributed by atoms with Crippen molar-refractivity contribution in [3.8, 4) is 23.0 Å². The summed E-state index contributed by atoms with van der Waals surface area (Å²) in [6, 6.07) is 14.1. The fraction of sp³-hybridized carbons (Fsp3) is 0.286. The molecular weight excluding hydrogens is 691 g/mol. The minimum atomic E-state index is -0.821. The van der Waals surface area contributed by atoms with Crippen LogP contribution in [0.15, 0.2) is 80.1 Å². The second kappa shape index (κ2) is 14.6. The summed E-state index contributed by atoms with van der Waals surface area (Å²) in [5.74, 6) is 1.03. The lowest BCUT2D eigenvalue weighted by atomic mass is 9.95. The summed E-state index contributed by atoms with van der Waals surface area (Å²) in [5.41, 5.74) is 2.48. The zero-order valence-corrected chi connectivity index (χ0v) is 29.2. The van der Waals surface area contributed by atoms with Crippen LogP contribution < -0.4 is 33.8 Å². The molecule has 0 N–H and O–H groups in total. The number of methoxy groups -OCH3 is 2. The maximum absolute atomic E-state index is 14.1. The highest BCUT2D eigenvalue weighted by atomic mass is 79.9. The smallest absolute Gasteiger partial charge is 0.338 e. The number of esters is 1. The highest BCUT2D eigenvalue weighted by molar-refractivity contribution is 9.10. The first-order chi connectivity index (χ1) is 22.5. The van der Waals surface area contributed by atoms with E-state index in [0.29, 0.717) is 53.6 Å². The van der Waals surface area contributed by atoms with E-state index >= 15 is 0 Å². The van der Waals surface area contributed by atoms with Crippen LogP contribution in [-0.4, -0.2) is 37.5 Å². The van der Waals surface area contributed by atoms with Crippen molar-refractivity contribution < 1.29 is 32.9 Å². The highest BCUT2D eigenvalue weighted by Crippen LogP contribution is 2.38.